The Kier molecular flexibility index (Phi) is 5.83. The van der Waals surface area contributed by atoms with Gasteiger partial charge >= 0.3 is 0 Å². The zero-order valence-electron chi connectivity index (χ0n) is 14.8. The molecule has 7 heteroatoms. The van der Waals surface area contributed by atoms with Gasteiger partial charge in [-0.1, -0.05) is 6.07 Å². The van der Waals surface area contributed by atoms with E-state index in [1.54, 1.807) is 17.8 Å². The lowest BCUT2D eigenvalue weighted by molar-refractivity contribution is 0.0274. The molecule has 5 nitrogen and oxygen atoms in total. The van der Waals surface area contributed by atoms with E-state index in [0.717, 1.165) is 39.7 Å². The van der Waals surface area contributed by atoms with Crippen molar-refractivity contribution in [1.29, 1.82) is 0 Å². The van der Waals surface area contributed by atoms with Crippen molar-refractivity contribution in [2.24, 2.45) is 0 Å². The lowest BCUT2D eigenvalue weighted by atomic mass is 10.0. The first-order chi connectivity index (χ1) is 13.2. The van der Waals surface area contributed by atoms with Crippen LogP contribution >= 0.6 is 11.8 Å². The second kappa shape index (κ2) is 8.48. The van der Waals surface area contributed by atoms with Crippen LogP contribution in [0.25, 0.3) is 0 Å². The van der Waals surface area contributed by atoms with E-state index in [9.17, 15) is 9.50 Å². The summed E-state index contributed by atoms with van der Waals surface area (Å²) in [5, 5.41) is 13.5. The predicted octanol–water partition coefficient (Wildman–Crippen LogP) is 3.26. The van der Waals surface area contributed by atoms with Gasteiger partial charge in [-0.05, 0) is 53.6 Å². The van der Waals surface area contributed by atoms with Crippen molar-refractivity contribution in [2.75, 3.05) is 25.7 Å². The van der Waals surface area contributed by atoms with Gasteiger partial charge < -0.3 is 24.6 Å². The number of aliphatic hydroxyl groups excluding tert-OH is 1. The van der Waals surface area contributed by atoms with E-state index in [0.29, 0.717) is 13.2 Å². The van der Waals surface area contributed by atoms with Crippen LogP contribution in [0.15, 0.2) is 41.3 Å². The molecule has 0 bridgehead atoms. The highest BCUT2D eigenvalue weighted by Gasteiger charge is 2.21. The molecule has 0 saturated heterocycles. The smallest absolute Gasteiger partial charge is 0.231 e. The number of halogens is 1. The normalized spacial score (nSPS) is 19.0. The second-order valence-corrected chi connectivity index (χ2v) is 7.77. The third-order valence-corrected chi connectivity index (χ3v) is 5.75. The predicted molar refractivity (Wildman–Crippen MR) is 101 cm³/mol. The fourth-order valence-corrected chi connectivity index (χ4v) is 4.36. The number of thioether (sulfide) groups is 1. The zero-order chi connectivity index (χ0) is 18.6. The van der Waals surface area contributed by atoms with E-state index >= 15 is 0 Å². The summed E-state index contributed by atoms with van der Waals surface area (Å²) in [5.74, 6) is 2.22. The maximum absolute atomic E-state index is 13.6. The van der Waals surface area contributed by atoms with Crippen LogP contribution in [0.5, 0.6) is 11.5 Å². The van der Waals surface area contributed by atoms with Gasteiger partial charge in [0, 0.05) is 17.5 Å². The topological polar surface area (TPSA) is 60.0 Å². The number of aliphatic hydroxyl groups is 1. The SMILES string of the molecule is O[C@H](CN[C@@H]1CCSc2ccc(F)cc21)COCc1ccc2c(c1)OCO2. The summed E-state index contributed by atoms with van der Waals surface area (Å²) >= 11 is 1.74. The molecule has 2 heterocycles. The molecule has 2 N–H and O–H groups in total. The minimum atomic E-state index is -0.634. The van der Waals surface area contributed by atoms with Crippen molar-refractivity contribution in [3.8, 4) is 11.5 Å². The molecule has 144 valence electrons. The summed E-state index contributed by atoms with van der Waals surface area (Å²) in [4.78, 5) is 1.11. The summed E-state index contributed by atoms with van der Waals surface area (Å²) in [7, 11) is 0. The van der Waals surface area contributed by atoms with E-state index in [1.165, 1.54) is 6.07 Å². The fourth-order valence-electron chi connectivity index (χ4n) is 3.26. The number of hydrogen-bond acceptors (Lipinski definition) is 6. The maximum atomic E-state index is 13.6. The van der Waals surface area contributed by atoms with Crippen LogP contribution < -0.4 is 14.8 Å². The van der Waals surface area contributed by atoms with Gasteiger partial charge in [0.25, 0.3) is 0 Å². The number of nitrogens with one attached hydrogen (secondary N) is 1. The highest BCUT2D eigenvalue weighted by atomic mass is 32.2. The Morgan fingerprint density at radius 2 is 2.11 bits per heavy atom. The molecule has 2 aromatic carbocycles. The van der Waals surface area contributed by atoms with Crippen molar-refractivity contribution in [2.45, 2.75) is 30.1 Å². The molecule has 0 aliphatic carbocycles. The molecule has 0 aromatic heterocycles. The highest BCUT2D eigenvalue weighted by Crippen LogP contribution is 2.36. The molecule has 0 radical (unpaired) electrons. The van der Waals surface area contributed by atoms with Crippen molar-refractivity contribution < 1.29 is 23.7 Å². The molecule has 2 aromatic rings. The van der Waals surface area contributed by atoms with Crippen molar-refractivity contribution in [3.05, 3.63) is 53.3 Å². The summed E-state index contributed by atoms with van der Waals surface area (Å²) in [5.41, 5.74) is 1.94. The molecule has 2 aliphatic heterocycles. The second-order valence-electron chi connectivity index (χ2n) is 6.64. The molecule has 0 fully saturated rings. The zero-order valence-corrected chi connectivity index (χ0v) is 15.6. The standard InChI is InChI=1S/C20H22FNO4S/c21-14-2-4-20-16(8-14)17(5-6-27-20)22-9-15(23)11-24-10-13-1-3-18-19(7-13)26-12-25-18/h1-4,7-8,15,17,22-23H,5-6,9-12H2/t15-,17-/m1/s1. The van der Waals surface area contributed by atoms with Crippen molar-refractivity contribution in [1.82, 2.24) is 5.32 Å². The molecule has 0 saturated carbocycles. The minimum absolute atomic E-state index is 0.0560. The molecule has 0 amide bonds. The summed E-state index contributed by atoms with van der Waals surface area (Å²) in [6.45, 7) is 1.25. The molecule has 2 aliphatic rings. The number of ether oxygens (including phenoxy) is 3. The molecule has 0 unspecified atom stereocenters. The molecular weight excluding hydrogens is 369 g/mol. The van der Waals surface area contributed by atoms with Gasteiger partial charge in [0.1, 0.15) is 5.82 Å². The van der Waals surface area contributed by atoms with Crippen LogP contribution in [-0.4, -0.2) is 36.9 Å². The third-order valence-electron chi connectivity index (χ3n) is 4.63. The van der Waals surface area contributed by atoms with Crippen LogP contribution in [0.1, 0.15) is 23.6 Å². The molecule has 0 spiro atoms. The number of rotatable bonds is 7. The first-order valence-corrected chi connectivity index (χ1v) is 9.97. The monoisotopic (exact) mass is 391 g/mol. The number of hydrogen-bond donors (Lipinski definition) is 2. The Balaban J connectivity index is 1.24. The van der Waals surface area contributed by atoms with E-state index in [1.807, 2.05) is 24.3 Å². The lowest BCUT2D eigenvalue weighted by Gasteiger charge is -2.27. The number of fused-ring (bicyclic) bond motifs is 2. The average Bonchev–Trinajstić information content (AvgIpc) is 3.14. The quantitative estimate of drug-likeness (QED) is 0.756. The maximum Gasteiger partial charge on any atom is 0.231 e. The van der Waals surface area contributed by atoms with Gasteiger partial charge in [-0.25, -0.2) is 4.39 Å². The Morgan fingerprint density at radius 3 is 3.04 bits per heavy atom. The Bertz CT molecular complexity index is 804. The van der Waals surface area contributed by atoms with Gasteiger partial charge in [-0.2, -0.15) is 0 Å². The summed E-state index contributed by atoms with van der Waals surface area (Å²) < 4.78 is 29.8. The molecule has 27 heavy (non-hydrogen) atoms. The molecule has 4 rings (SSSR count). The van der Waals surface area contributed by atoms with E-state index in [2.05, 4.69) is 5.32 Å². The Hall–Kier alpha value is -1.80. The van der Waals surface area contributed by atoms with Gasteiger partial charge in [-0.3, -0.25) is 0 Å². The largest absolute Gasteiger partial charge is 0.454 e. The highest BCUT2D eigenvalue weighted by molar-refractivity contribution is 7.99. The van der Waals surface area contributed by atoms with Crippen molar-refractivity contribution >= 4 is 11.8 Å². The molecular formula is C20H22FNO4S. The Labute approximate surface area is 161 Å². The van der Waals surface area contributed by atoms with Crippen LogP contribution in [0, 0.1) is 5.82 Å². The first-order valence-electron chi connectivity index (χ1n) is 8.99. The van der Waals surface area contributed by atoms with Gasteiger partial charge in [0.2, 0.25) is 6.79 Å². The average molecular weight is 391 g/mol. The summed E-state index contributed by atoms with van der Waals surface area (Å²) in [6, 6.07) is 10.6. The van der Waals surface area contributed by atoms with Crippen LogP contribution in [-0.2, 0) is 11.3 Å². The van der Waals surface area contributed by atoms with Crippen LogP contribution in [0.3, 0.4) is 0 Å². The number of benzene rings is 2. The molecule has 2 atom stereocenters. The van der Waals surface area contributed by atoms with Gasteiger partial charge in [0.05, 0.1) is 19.3 Å². The van der Waals surface area contributed by atoms with E-state index < -0.39 is 6.10 Å². The third kappa shape index (κ3) is 4.55. The van der Waals surface area contributed by atoms with Crippen molar-refractivity contribution in [3.63, 3.8) is 0 Å². The van der Waals surface area contributed by atoms with Gasteiger partial charge in [0.15, 0.2) is 11.5 Å². The summed E-state index contributed by atoms with van der Waals surface area (Å²) in [6.07, 6.45) is 0.275. The Morgan fingerprint density at radius 1 is 1.22 bits per heavy atom. The minimum Gasteiger partial charge on any atom is -0.454 e. The van der Waals surface area contributed by atoms with Gasteiger partial charge in [-0.15, -0.1) is 11.8 Å². The first kappa shape index (κ1) is 18.6. The van der Waals surface area contributed by atoms with E-state index in [-0.39, 0.29) is 25.3 Å². The van der Waals surface area contributed by atoms with Crippen LogP contribution in [0.4, 0.5) is 4.39 Å². The fraction of sp³-hybridized carbons (Fsp3) is 0.400. The lowest BCUT2D eigenvalue weighted by Crippen LogP contribution is -2.34. The van der Waals surface area contributed by atoms with E-state index in [4.69, 9.17) is 14.2 Å². The van der Waals surface area contributed by atoms with Crippen LogP contribution in [0.2, 0.25) is 0 Å².